The molecule has 0 saturated heterocycles. The van der Waals surface area contributed by atoms with E-state index in [1.54, 1.807) is 0 Å². The molecular weight excluding hydrogens is 315 g/mol. The second-order valence-electron chi connectivity index (χ2n) is 3.93. The zero-order valence-electron chi connectivity index (χ0n) is 10.0. The molecule has 0 aliphatic heterocycles. The smallest absolute Gasteiger partial charge is 0.411 e. The van der Waals surface area contributed by atoms with Crippen LogP contribution >= 0.6 is 0 Å². The van der Waals surface area contributed by atoms with Gasteiger partial charge in [-0.15, -0.1) is 5.16 Å². The molecule has 1 heterocycles. The third-order valence-electron chi connectivity index (χ3n) is 2.51. The van der Waals surface area contributed by atoms with Gasteiger partial charge in [-0.1, -0.05) is 0 Å². The maximum atomic E-state index is 13.4. The van der Waals surface area contributed by atoms with E-state index in [9.17, 15) is 35.1 Å². The van der Waals surface area contributed by atoms with E-state index >= 15 is 0 Å². The van der Waals surface area contributed by atoms with E-state index < -0.39 is 40.7 Å². The van der Waals surface area contributed by atoms with Crippen molar-refractivity contribution in [1.29, 1.82) is 0 Å². The van der Waals surface area contributed by atoms with Crippen LogP contribution in [0.1, 0.15) is 16.8 Å². The average molecular weight is 320 g/mol. The highest BCUT2D eigenvalue weighted by Gasteiger charge is 2.63. The fourth-order valence-electron chi connectivity index (χ4n) is 1.66. The second kappa shape index (κ2) is 4.91. The maximum absolute atomic E-state index is 13.4. The Morgan fingerprint density at radius 2 is 1.62 bits per heavy atom. The summed E-state index contributed by atoms with van der Waals surface area (Å²) in [6.07, 6.45) is -11.8. The topological polar surface area (TPSA) is 37.5 Å². The molecule has 0 amide bonds. The van der Waals surface area contributed by atoms with E-state index in [1.165, 1.54) is 0 Å². The van der Waals surface area contributed by atoms with Crippen LogP contribution < -0.4 is 0 Å². The van der Waals surface area contributed by atoms with Crippen LogP contribution in [0.25, 0.3) is 0 Å². The molecule has 1 N–H and O–H groups in total. The van der Waals surface area contributed by atoms with Gasteiger partial charge in [-0.05, 0) is 0 Å². The number of hydrogen-bond donors (Lipinski definition) is 1. The molecule has 21 heavy (non-hydrogen) atoms. The van der Waals surface area contributed by atoms with Crippen LogP contribution in [0.4, 0.5) is 35.1 Å². The van der Waals surface area contributed by atoms with Crippen molar-refractivity contribution in [2.75, 3.05) is 0 Å². The van der Waals surface area contributed by atoms with Gasteiger partial charge in [-0.25, -0.2) is 0 Å². The van der Waals surface area contributed by atoms with Gasteiger partial charge in [-0.2, -0.15) is 35.1 Å². The average Bonchev–Trinajstić information content (AvgIpc) is 2.64. The zero-order chi connectivity index (χ0) is 16.8. The predicted octanol–water partition coefficient (Wildman–Crippen LogP) is 3.00. The molecule has 116 valence electrons. The summed E-state index contributed by atoms with van der Waals surface area (Å²) >= 11 is 0. The van der Waals surface area contributed by atoms with E-state index in [-0.39, 0.29) is 10.8 Å². The van der Waals surface area contributed by atoms with Gasteiger partial charge >= 0.3 is 18.3 Å². The number of rotatable bonds is 2. The normalized spacial score (nSPS) is 14.6. The van der Waals surface area contributed by atoms with Gasteiger partial charge in [0.2, 0.25) is 0 Å². The van der Waals surface area contributed by atoms with Crippen LogP contribution in [-0.2, 0) is 19.1 Å². The van der Waals surface area contributed by atoms with Crippen molar-refractivity contribution in [2.45, 2.75) is 18.3 Å². The van der Waals surface area contributed by atoms with Crippen molar-refractivity contribution in [3.8, 4) is 0 Å². The summed E-state index contributed by atoms with van der Waals surface area (Å²) < 4.78 is 102. The Kier molecular flexibility index (Phi) is 4.05. The first-order valence-corrected chi connectivity index (χ1v) is 4.94. The molecule has 0 aliphatic rings. The number of aromatic nitrogens is 1. The van der Waals surface area contributed by atoms with Crippen LogP contribution in [0.5, 0.6) is 0 Å². The minimum atomic E-state index is -6.29. The third-order valence-corrected chi connectivity index (χ3v) is 2.51. The van der Waals surface area contributed by atoms with Crippen LogP contribution in [0, 0.1) is 0 Å². The molecule has 0 atom stereocenters. The van der Waals surface area contributed by atoms with Crippen molar-refractivity contribution in [1.82, 2.24) is 4.57 Å². The molecule has 0 spiro atoms. The number of aryl methyl sites for hydroxylation is 1. The van der Waals surface area contributed by atoms with E-state index in [1.807, 2.05) is 0 Å². The lowest BCUT2D eigenvalue weighted by Crippen LogP contribution is -2.36. The molecule has 0 saturated carbocycles. The van der Waals surface area contributed by atoms with Gasteiger partial charge < -0.3 is 9.77 Å². The lowest BCUT2D eigenvalue weighted by atomic mass is 9.91. The SMILES string of the molecule is [B]/C(=N\O)c1c(C(F)(F)C(F)(F)F)c(C(F)(F)F)cn1C. The summed E-state index contributed by atoms with van der Waals surface area (Å²) in [6, 6.07) is 0. The van der Waals surface area contributed by atoms with Crippen LogP contribution in [0.15, 0.2) is 11.4 Å². The summed E-state index contributed by atoms with van der Waals surface area (Å²) in [4.78, 5) is 0. The summed E-state index contributed by atoms with van der Waals surface area (Å²) in [6.45, 7) is 0. The van der Waals surface area contributed by atoms with E-state index in [0.29, 0.717) is 0 Å². The second-order valence-corrected chi connectivity index (χ2v) is 3.93. The molecule has 0 unspecified atom stereocenters. The summed E-state index contributed by atoms with van der Waals surface area (Å²) in [5.41, 5.74) is -7.34. The predicted molar refractivity (Wildman–Crippen MR) is 54.4 cm³/mol. The molecule has 0 bridgehead atoms. The van der Waals surface area contributed by atoms with Crippen LogP contribution in [0.2, 0.25) is 0 Å². The highest BCUT2D eigenvalue weighted by Crippen LogP contribution is 2.50. The van der Waals surface area contributed by atoms with Crippen LogP contribution in [0.3, 0.4) is 0 Å². The highest BCUT2D eigenvalue weighted by atomic mass is 19.4. The molecular formula is C9H5BF8N2O. The van der Waals surface area contributed by atoms with Crippen molar-refractivity contribution in [3.05, 3.63) is 23.0 Å². The van der Waals surface area contributed by atoms with Crippen molar-refractivity contribution < 1.29 is 40.3 Å². The van der Waals surface area contributed by atoms with Crippen molar-refractivity contribution >= 4 is 13.5 Å². The summed E-state index contributed by atoms with van der Waals surface area (Å²) in [5.74, 6) is -5.84. The zero-order valence-corrected chi connectivity index (χ0v) is 10.0. The van der Waals surface area contributed by atoms with Gasteiger partial charge in [0.1, 0.15) is 7.85 Å². The van der Waals surface area contributed by atoms with E-state index in [2.05, 4.69) is 5.16 Å². The number of hydrogen-bond acceptors (Lipinski definition) is 2. The maximum Gasteiger partial charge on any atom is 0.458 e. The standard InChI is InChI=1S/C9H5BF8N2O/c1-20-2-3(8(13,14)15)4(5(20)6(10)19-21)7(11,12)9(16,17)18/h2,21H,1H3/b19-6-. The molecule has 0 aliphatic carbocycles. The molecule has 2 radical (unpaired) electrons. The van der Waals surface area contributed by atoms with Gasteiger partial charge in [0.05, 0.1) is 16.8 Å². The lowest BCUT2D eigenvalue weighted by molar-refractivity contribution is -0.291. The lowest BCUT2D eigenvalue weighted by Gasteiger charge is -2.22. The Labute approximate surface area is 113 Å². The first-order chi connectivity index (χ1) is 9.25. The number of oxime groups is 1. The molecule has 0 aromatic carbocycles. The highest BCUT2D eigenvalue weighted by molar-refractivity contribution is 6.64. The fraction of sp³-hybridized carbons (Fsp3) is 0.444. The quantitative estimate of drug-likeness (QED) is 0.294. The van der Waals surface area contributed by atoms with Crippen molar-refractivity contribution in [2.24, 2.45) is 12.2 Å². The van der Waals surface area contributed by atoms with Gasteiger partial charge in [0, 0.05) is 18.9 Å². The fourth-order valence-corrected chi connectivity index (χ4v) is 1.66. The van der Waals surface area contributed by atoms with Gasteiger partial charge in [0.15, 0.2) is 0 Å². The Morgan fingerprint density at radius 1 is 1.14 bits per heavy atom. The Morgan fingerprint density at radius 3 is 1.95 bits per heavy atom. The first kappa shape index (κ1) is 17.3. The van der Waals surface area contributed by atoms with E-state index in [4.69, 9.17) is 13.1 Å². The Bertz CT molecular complexity index is 572. The van der Waals surface area contributed by atoms with E-state index in [0.717, 1.165) is 7.05 Å². The Hall–Kier alpha value is -1.75. The Balaban J connectivity index is 3.84. The molecule has 1 rings (SSSR count). The first-order valence-electron chi connectivity index (χ1n) is 4.94. The van der Waals surface area contributed by atoms with Crippen molar-refractivity contribution in [3.63, 3.8) is 0 Å². The van der Waals surface area contributed by atoms with Gasteiger partial charge in [0.25, 0.3) is 0 Å². The molecule has 0 fully saturated rings. The molecule has 1 aromatic rings. The minimum Gasteiger partial charge on any atom is -0.411 e. The monoisotopic (exact) mass is 320 g/mol. The number of nitrogens with zero attached hydrogens (tertiary/aromatic N) is 2. The van der Waals surface area contributed by atoms with Gasteiger partial charge in [-0.3, -0.25) is 0 Å². The number of alkyl halides is 8. The third kappa shape index (κ3) is 2.83. The molecule has 3 nitrogen and oxygen atoms in total. The summed E-state index contributed by atoms with van der Waals surface area (Å²) in [5, 5.41) is 10.5. The molecule has 12 heteroatoms. The minimum absolute atomic E-state index is 0.00234. The summed E-state index contributed by atoms with van der Waals surface area (Å²) in [7, 11) is 5.65. The number of halogens is 8. The molecule has 1 aromatic heterocycles. The van der Waals surface area contributed by atoms with Crippen LogP contribution in [-0.4, -0.2) is 29.4 Å². The largest absolute Gasteiger partial charge is 0.458 e.